The Balaban J connectivity index is 2.30. The van der Waals surface area contributed by atoms with Gasteiger partial charge in [0.15, 0.2) is 0 Å². The molecule has 5 nitrogen and oxygen atoms in total. The van der Waals surface area contributed by atoms with E-state index < -0.39 is 0 Å². The Morgan fingerprint density at radius 1 is 1.20 bits per heavy atom. The predicted molar refractivity (Wildman–Crippen MR) is 82.4 cm³/mol. The Labute approximate surface area is 121 Å². The van der Waals surface area contributed by atoms with Crippen LogP contribution in [-0.4, -0.2) is 40.8 Å². The molecule has 1 aromatic heterocycles. The molecule has 5 heteroatoms. The van der Waals surface area contributed by atoms with E-state index in [1.54, 1.807) is 0 Å². The molecule has 0 saturated carbocycles. The highest BCUT2D eigenvalue weighted by Crippen LogP contribution is 2.31. The summed E-state index contributed by atoms with van der Waals surface area (Å²) in [4.78, 5) is 11.3. The van der Waals surface area contributed by atoms with E-state index in [0.29, 0.717) is 0 Å². The second kappa shape index (κ2) is 5.20. The standard InChI is InChI=1S/C15H26N4O/c1-7-16-12-8-13(18-11(2)17-12)19-9-14(3,4)20-15(5,6)10-19/h8H,7,9-10H2,1-6H3,(H,16,17,18). The van der Waals surface area contributed by atoms with Crippen molar-refractivity contribution in [3.63, 3.8) is 0 Å². The first-order valence-corrected chi connectivity index (χ1v) is 7.25. The maximum absolute atomic E-state index is 6.12. The van der Waals surface area contributed by atoms with Gasteiger partial charge in [0, 0.05) is 25.7 Å². The van der Waals surface area contributed by atoms with Crippen LogP contribution in [0.15, 0.2) is 6.07 Å². The molecule has 1 saturated heterocycles. The average Bonchev–Trinajstić information content (AvgIpc) is 2.24. The number of aryl methyl sites for hydroxylation is 1. The normalized spacial score (nSPS) is 20.8. The van der Waals surface area contributed by atoms with Gasteiger partial charge in [-0.05, 0) is 41.5 Å². The first-order chi connectivity index (χ1) is 9.21. The van der Waals surface area contributed by atoms with Crippen molar-refractivity contribution in [3.05, 3.63) is 11.9 Å². The Morgan fingerprint density at radius 3 is 2.35 bits per heavy atom. The Bertz CT molecular complexity index is 469. The number of ether oxygens (including phenoxy) is 1. The Morgan fingerprint density at radius 2 is 1.80 bits per heavy atom. The van der Waals surface area contributed by atoms with E-state index in [-0.39, 0.29) is 11.2 Å². The average molecular weight is 278 g/mol. The van der Waals surface area contributed by atoms with Gasteiger partial charge in [-0.2, -0.15) is 0 Å². The molecule has 0 aliphatic carbocycles. The molecular formula is C15H26N4O. The van der Waals surface area contributed by atoms with Gasteiger partial charge >= 0.3 is 0 Å². The molecule has 0 unspecified atom stereocenters. The topological polar surface area (TPSA) is 50.3 Å². The fourth-order valence-electron chi connectivity index (χ4n) is 2.94. The molecule has 0 spiro atoms. The molecule has 0 amide bonds. The summed E-state index contributed by atoms with van der Waals surface area (Å²) < 4.78 is 6.12. The van der Waals surface area contributed by atoms with Crippen molar-refractivity contribution < 1.29 is 4.74 Å². The van der Waals surface area contributed by atoms with Gasteiger partial charge in [-0.15, -0.1) is 0 Å². The first-order valence-electron chi connectivity index (χ1n) is 7.25. The number of hydrogen-bond acceptors (Lipinski definition) is 5. The third-order valence-electron chi connectivity index (χ3n) is 3.20. The number of rotatable bonds is 3. The van der Waals surface area contributed by atoms with Crippen molar-refractivity contribution in [2.24, 2.45) is 0 Å². The van der Waals surface area contributed by atoms with Crippen LogP contribution in [0.1, 0.15) is 40.4 Å². The molecule has 0 aromatic carbocycles. The van der Waals surface area contributed by atoms with E-state index in [4.69, 9.17) is 4.74 Å². The number of aromatic nitrogens is 2. The lowest BCUT2D eigenvalue weighted by Crippen LogP contribution is -2.57. The van der Waals surface area contributed by atoms with Crippen LogP contribution >= 0.6 is 0 Å². The molecule has 0 atom stereocenters. The summed E-state index contributed by atoms with van der Waals surface area (Å²) in [7, 11) is 0. The van der Waals surface area contributed by atoms with E-state index in [9.17, 15) is 0 Å². The van der Waals surface area contributed by atoms with Gasteiger partial charge in [0.25, 0.3) is 0 Å². The molecule has 0 radical (unpaired) electrons. The molecule has 1 aromatic rings. The highest BCUT2D eigenvalue weighted by Gasteiger charge is 2.38. The van der Waals surface area contributed by atoms with Gasteiger partial charge in [-0.1, -0.05) is 0 Å². The zero-order valence-electron chi connectivity index (χ0n) is 13.4. The van der Waals surface area contributed by atoms with Crippen LogP contribution in [0.2, 0.25) is 0 Å². The molecule has 0 bridgehead atoms. The highest BCUT2D eigenvalue weighted by atomic mass is 16.5. The van der Waals surface area contributed by atoms with Crippen molar-refractivity contribution in [1.29, 1.82) is 0 Å². The van der Waals surface area contributed by atoms with Crippen LogP contribution in [-0.2, 0) is 4.74 Å². The first kappa shape index (κ1) is 15.0. The van der Waals surface area contributed by atoms with Crippen molar-refractivity contribution in [2.45, 2.75) is 52.7 Å². The van der Waals surface area contributed by atoms with E-state index in [0.717, 1.165) is 37.1 Å². The molecule has 1 aliphatic rings. The van der Waals surface area contributed by atoms with E-state index in [2.05, 4.69) is 54.8 Å². The number of anilines is 2. The second-order valence-corrected chi connectivity index (χ2v) is 6.67. The van der Waals surface area contributed by atoms with Crippen LogP contribution in [0.4, 0.5) is 11.6 Å². The lowest BCUT2D eigenvalue weighted by molar-refractivity contribution is -0.133. The second-order valence-electron chi connectivity index (χ2n) is 6.67. The van der Waals surface area contributed by atoms with E-state index in [1.165, 1.54) is 0 Å². The molecule has 112 valence electrons. The van der Waals surface area contributed by atoms with Crippen LogP contribution in [0.3, 0.4) is 0 Å². The molecule has 2 heterocycles. The zero-order valence-corrected chi connectivity index (χ0v) is 13.4. The summed E-state index contributed by atoms with van der Waals surface area (Å²) in [5.74, 6) is 2.65. The fourth-order valence-corrected chi connectivity index (χ4v) is 2.94. The molecule has 1 aliphatic heterocycles. The molecule has 1 fully saturated rings. The lowest BCUT2D eigenvalue weighted by atomic mass is 9.99. The van der Waals surface area contributed by atoms with Crippen LogP contribution in [0.5, 0.6) is 0 Å². The predicted octanol–water partition coefficient (Wildman–Crippen LogP) is 2.61. The number of morpholine rings is 1. The third kappa shape index (κ3) is 3.60. The number of hydrogen-bond donors (Lipinski definition) is 1. The minimum atomic E-state index is -0.182. The molecular weight excluding hydrogens is 252 g/mol. The highest BCUT2D eigenvalue weighted by molar-refractivity contribution is 5.50. The van der Waals surface area contributed by atoms with Crippen molar-refractivity contribution in [1.82, 2.24) is 9.97 Å². The van der Waals surface area contributed by atoms with E-state index >= 15 is 0 Å². The Kier molecular flexibility index (Phi) is 3.91. The summed E-state index contributed by atoms with van der Waals surface area (Å²) >= 11 is 0. The van der Waals surface area contributed by atoms with Gasteiger partial charge in [0.2, 0.25) is 0 Å². The summed E-state index contributed by atoms with van der Waals surface area (Å²) in [6.45, 7) is 15.0. The largest absolute Gasteiger partial charge is 0.370 e. The minimum absolute atomic E-state index is 0.182. The van der Waals surface area contributed by atoms with Gasteiger partial charge in [-0.25, -0.2) is 9.97 Å². The zero-order chi connectivity index (χ0) is 15.0. The molecule has 1 N–H and O–H groups in total. The smallest absolute Gasteiger partial charge is 0.134 e. The van der Waals surface area contributed by atoms with Gasteiger partial charge in [0.1, 0.15) is 17.5 Å². The van der Waals surface area contributed by atoms with Crippen LogP contribution < -0.4 is 10.2 Å². The molecule has 20 heavy (non-hydrogen) atoms. The van der Waals surface area contributed by atoms with Crippen LogP contribution in [0.25, 0.3) is 0 Å². The van der Waals surface area contributed by atoms with Gasteiger partial charge < -0.3 is 15.0 Å². The number of nitrogens with zero attached hydrogens (tertiary/aromatic N) is 3. The summed E-state index contributed by atoms with van der Waals surface area (Å²) in [5, 5.41) is 3.26. The van der Waals surface area contributed by atoms with Gasteiger partial charge in [0.05, 0.1) is 11.2 Å². The number of nitrogens with one attached hydrogen (secondary N) is 1. The summed E-state index contributed by atoms with van der Waals surface area (Å²) in [6, 6.07) is 2.02. The quantitative estimate of drug-likeness (QED) is 0.921. The third-order valence-corrected chi connectivity index (χ3v) is 3.20. The van der Waals surface area contributed by atoms with Crippen molar-refractivity contribution >= 4 is 11.6 Å². The SMILES string of the molecule is CCNc1cc(N2CC(C)(C)OC(C)(C)C2)nc(C)n1. The van der Waals surface area contributed by atoms with Crippen molar-refractivity contribution in [2.75, 3.05) is 29.9 Å². The van der Waals surface area contributed by atoms with E-state index in [1.807, 2.05) is 13.0 Å². The maximum atomic E-state index is 6.12. The fraction of sp³-hybridized carbons (Fsp3) is 0.733. The monoisotopic (exact) mass is 278 g/mol. The minimum Gasteiger partial charge on any atom is -0.370 e. The lowest BCUT2D eigenvalue weighted by Gasteiger charge is -2.47. The summed E-state index contributed by atoms with van der Waals surface area (Å²) in [6.07, 6.45) is 0. The van der Waals surface area contributed by atoms with Crippen LogP contribution in [0, 0.1) is 6.92 Å². The summed E-state index contributed by atoms with van der Waals surface area (Å²) in [5.41, 5.74) is -0.363. The van der Waals surface area contributed by atoms with Crippen molar-refractivity contribution in [3.8, 4) is 0 Å². The van der Waals surface area contributed by atoms with Gasteiger partial charge in [-0.3, -0.25) is 0 Å². The maximum Gasteiger partial charge on any atom is 0.134 e. The molecule has 2 rings (SSSR count). The Hall–Kier alpha value is -1.36.